The highest BCUT2D eigenvalue weighted by Crippen LogP contribution is 2.49. The predicted molar refractivity (Wildman–Crippen MR) is 79.4 cm³/mol. The predicted octanol–water partition coefficient (Wildman–Crippen LogP) is 1.94. The Morgan fingerprint density at radius 1 is 1.00 bits per heavy atom. The van der Waals surface area contributed by atoms with Gasteiger partial charge in [0, 0.05) is 6.04 Å². The van der Waals surface area contributed by atoms with Crippen molar-refractivity contribution < 1.29 is 9.59 Å². The minimum atomic E-state index is -0.251. The highest BCUT2D eigenvalue weighted by atomic mass is 16.2. The number of hydrogen-bond donors (Lipinski definition) is 1. The van der Waals surface area contributed by atoms with Crippen molar-refractivity contribution in [3.63, 3.8) is 0 Å². The summed E-state index contributed by atoms with van der Waals surface area (Å²) in [5.41, 5.74) is 0. The lowest BCUT2D eigenvalue weighted by Crippen LogP contribution is -2.68. The Hall–Kier alpha value is -1.06. The van der Waals surface area contributed by atoms with Gasteiger partial charge in [-0.2, -0.15) is 0 Å². The van der Waals surface area contributed by atoms with Crippen molar-refractivity contribution in [3.05, 3.63) is 0 Å². The zero-order valence-corrected chi connectivity index (χ0v) is 13.0. The van der Waals surface area contributed by atoms with Crippen molar-refractivity contribution in [2.75, 3.05) is 0 Å². The number of nitrogens with one attached hydrogen (secondary N) is 1. The smallest absolute Gasteiger partial charge is 0.246 e. The molecule has 0 bridgehead atoms. The number of amides is 2. The van der Waals surface area contributed by atoms with Gasteiger partial charge in [-0.25, -0.2) is 0 Å². The topological polar surface area (TPSA) is 49.4 Å². The molecule has 0 aromatic carbocycles. The molecule has 2 atom stereocenters. The summed E-state index contributed by atoms with van der Waals surface area (Å²) in [4.78, 5) is 27.8. The van der Waals surface area contributed by atoms with Crippen LogP contribution < -0.4 is 5.32 Å². The third-order valence-corrected chi connectivity index (χ3v) is 5.64. The average Bonchev–Trinajstić information content (AvgIpc) is 3.23. The number of carbonyl (C=O) groups excluding carboxylic acids is 2. The zero-order valence-electron chi connectivity index (χ0n) is 13.0. The molecular formula is C17H26N2O2. The van der Waals surface area contributed by atoms with E-state index in [0.29, 0.717) is 23.8 Å². The normalized spacial score (nSPS) is 33.8. The monoisotopic (exact) mass is 290 g/mol. The van der Waals surface area contributed by atoms with Gasteiger partial charge in [0.25, 0.3) is 0 Å². The van der Waals surface area contributed by atoms with Crippen LogP contribution in [0.4, 0.5) is 0 Å². The number of nitrogens with zero attached hydrogens (tertiary/aromatic N) is 1. The van der Waals surface area contributed by atoms with Crippen molar-refractivity contribution in [3.8, 4) is 0 Å². The molecule has 4 fully saturated rings. The van der Waals surface area contributed by atoms with Gasteiger partial charge in [-0.15, -0.1) is 0 Å². The Morgan fingerprint density at radius 2 is 1.57 bits per heavy atom. The number of rotatable bonds is 5. The second-order valence-corrected chi connectivity index (χ2v) is 7.92. The molecule has 0 aromatic rings. The molecule has 1 saturated heterocycles. The van der Waals surface area contributed by atoms with E-state index in [1.807, 2.05) is 0 Å². The quantitative estimate of drug-likeness (QED) is 0.841. The SMILES string of the molecule is CC(C)C1C(=O)NC(C2CC2)C(=O)N1C(C1CC1)C1CC1. The molecule has 2 unspecified atom stereocenters. The lowest BCUT2D eigenvalue weighted by atomic mass is 9.91. The summed E-state index contributed by atoms with van der Waals surface area (Å²) in [6.07, 6.45) is 7.15. The first-order chi connectivity index (χ1) is 10.1. The molecule has 4 heteroatoms. The van der Waals surface area contributed by atoms with E-state index < -0.39 is 0 Å². The van der Waals surface area contributed by atoms with Crippen LogP contribution in [0.2, 0.25) is 0 Å². The second kappa shape index (κ2) is 4.72. The summed E-state index contributed by atoms with van der Waals surface area (Å²) in [6.45, 7) is 4.14. The summed E-state index contributed by atoms with van der Waals surface area (Å²) in [5, 5.41) is 3.03. The van der Waals surface area contributed by atoms with E-state index in [9.17, 15) is 9.59 Å². The van der Waals surface area contributed by atoms with E-state index >= 15 is 0 Å². The zero-order chi connectivity index (χ0) is 14.7. The van der Waals surface area contributed by atoms with Crippen LogP contribution in [0.5, 0.6) is 0 Å². The fraction of sp³-hybridized carbons (Fsp3) is 0.882. The van der Waals surface area contributed by atoms with Crippen molar-refractivity contribution in [2.45, 2.75) is 70.5 Å². The lowest BCUT2D eigenvalue weighted by Gasteiger charge is -2.45. The first-order valence-electron chi connectivity index (χ1n) is 8.70. The van der Waals surface area contributed by atoms with Gasteiger partial charge < -0.3 is 10.2 Å². The molecule has 2 amide bonds. The minimum absolute atomic E-state index is 0.0906. The average molecular weight is 290 g/mol. The Bertz CT molecular complexity index is 451. The Balaban J connectivity index is 1.66. The van der Waals surface area contributed by atoms with Crippen LogP contribution in [-0.2, 0) is 9.59 Å². The second-order valence-electron chi connectivity index (χ2n) is 7.92. The number of piperazine rings is 1. The molecule has 3 saturated carbocycles. The molecule has 0 spiro atoms. The fourth-order valence-corrected chi connectivity index (χ4v) is 4.14. The van der Waals surface area contributed by atoms with Gasteiger partial charge in [0.1, 0.15) is 12.1 Å². The van der Waals surface area contributed by atoms with Gasteiger partial charge in [-0.05, 0) is 62.2 Å². The molecule has 116 valence electrons. The lowest BCUT2D eigenvalue weighted by molar-refractivity contribution is -0.156. The van der Waals surface area contributed by atoms with Gasteiger partial charge >= 0.3 is 0 Å². The summed E-state index contributed by atoms with van der Waals surface area (Å²) >= 11 is 0. The first kappa shape index (κ1) is 13.6. The van der Waals surface area contributed by atoms with Crippen LogP contribution >= 0.6 is 0 Å². The maximum absolute atomic E-state index is 13.1. The maximum Gasteiger partial charge on any atom is 0.246 e. The minimum Gasteiger partial charge on any atom is -0.342 e. The molecule has 3 aliphatic carbocycles. The summed E-state index contributed by atoms with van der Waals surface area (Å²) < 4.78 is 0. The number of hydrogen-bond acceptors (Lipinski definition) is 2. The van der Waals surface area contributed by atoms with Crippen molar-refractivity contribution >= 4 is 11.8 Å². The van der Waals surface area contributed by atoms with E-state index in [2.05, 4.69) is 24.1 Å². The van der Waals surface area contributed by atoms with Crippen LogP contribution in [-0.4, -0.2) is 34.8 Å². The van der Waals surface area contributed by atoms with Crippen LogP contribution in [0.15, 0.2) is 0 Å². The van der Waals surface area contributed by atoms with Crippen molar-refractivity contribution in [2.24, 2.45) is 23.7 Å². The van der Waals surface area contributed by atoms with Crippen molar-refractivity contribution in [1.82, 2.24) is 10.2 Å². The summed E-state index contributed by atoms with van der Waals surface area (Å²) in [6, 6.07) is -0.136. The van der Waals surface area contributed by atoms with Gasteiger partial charge in [0.15, 0.2) is 0 Å². The van der Waals surface area contributed by atoms with Crippen LogP contribution in [0.25, 0.3) is 0 Å². The third-order valence-electron chi connectivity index (χ3n) is 5.64. The highest BCUT2D eigenvalue weighted by molar-refractivity contribution is 5.97. The van der Waals surface area contributed by atoms with Crippen molar-refractivity contribution in [1.29, 1.82) is 0 Å². The fourth-order valence-electron chi connectivity index (χ4n) is 4.14. The van der Waals surface area contributed by atoms with E-state index in [1.165, 1.54) is 25.7 Å². The first-order valence-corrected chi connectivity index (χ1v) is 8.70. The molecular weight excluding hydrogens is 264 g/mol. The van der Waals surface area contributed by atoms with E-state index in [4.69, 9.17) is 0 Å². The Morgan fingerprint density at radius 3 is 2.00 bits per heavy atom. The highest BCUT2D eigenvalue weighted by Gasteiger charge is 2.55. The maximum atomic E-state index is 13.1. The van der Waals surface area contributed by atoms with E-state index in [0.717, 1.165) is 12.8 Å². The summed E-state index contributed by atoms with van der Waals surface area (Å²) in [5.74, 6) is 2.22. The van der Waals surface area contributed by atoms with Gasteiger partial charge in [-0.1, -0.05) is 13.8 Å². The van der Waals surface area contributed by atoms with Gasteiger partial charge in [0.05, 0.1) is 0 Å². The molecule has 4 nitrogen and oxygen atoms in total. The Kier molecular flexibility index (Phi) is 3.05. The van der Waals surface area contributed by atoms with Gasteiger partial charge in [0.2, 0.25) is 11.8 Å². The van der Waals surface area contributed by atoms with Gasteiger partial charge in [-0.3, -0.25) is 9.59 Å². The number of carbonyl (C=O) groups is 2. The van der Waals surface area contributed by atoms with E-state index in [1.54, 1.807) is 0 Å². The molecule has 1 heterocycles. The molecule has 0 aromatic heterocycles. The van der Waals surface area contributed by atoms with Crippen LogP contribution in [0.3, 0.4) is 0 Å². The van der Waals surface area contributed by atoms with E-state index in [-0.39, 0.29) is 29.8 Å². The molecule has 0 radical (unpaired) electrons. The van der Waals surface area contributed by atoms with Crippen LogP contribution in [0, 0.1) is 23.7 Å². The molecule has 1 aliphatic heterocycles. The molecule has 21 heavy (non-hydrogen) atoms. The standard InChI is InChI=1S/C17H26N2O2/c1-9(2)14-16(20)18-13(10-3-4-10)17(21)19(14)15(11-5-6-11)12-7-8-12/h9-15H,3-8H2,1-2H3,(H,18,20). The molecule has 4 rings (SSSR count). The third kappa shape index (κ3) is 2.36. The molecule has 1 N–H and O–H groups in total. The van der Waals surface area contributed by atoms with Crippen LogP contribution in [0.1, 0.15) is 52.4 Å². The largest absolute Gasteiger partial charge is 0.342 e. The summed E-state index contributed by atoms with van der Waals surface area (Å²) in [7, 11) is 0. The molecule has 4 aliphatic rings. The Labute approximate surface area is 126 Å².